The van der Waals surface area contributed by atoms with Gasteiger partial charge in [-0.25, -0.2) is 9.59 Å². The Balaban J connectivity index is 4.18. The van der Waals surface area contributed by atoms with Gasteiger partial charge >= 0.3 is 17.9 Å². The molecule has 0 N–H and O–H groups in total. The van der Waals surface area contributed by atoms with Crippen molar-refractivity contribution in [3.8, 4) is 0 Å². The maximum absolute atomic E-state index is 11.4. The molecule has 0 aromatic heterocycles. The molecular formula is C12H18O7. The van der Waals surface area contributed by atoms with E-state index in [9.17, 15) is 19.2 Å². The van der Waals surface area contributed by atoms with Gasteiger partial charge in [0.15, 0.2) is 12.7 Å². The lowest BCUT2D eigenvalue weighted by molar-refractivity contribution is -0.171. The van der Waals surface area contributed by atoms with Gasteiger partial charge < -0.3 is 19.0 Å². The Morgan fingerprint density at radius 2 is 1.89 bits per heavy atom. The molecule has 0 amide bonds. The average molecular weight is 274 g/mol. The number of esters is 3. The molecule has 0 aliphatic heterocycles. The van der Waals surface area contributed by atoms with Crippen LogP contribution in [0.1, 0.15) is 32.6 Å². The van der Waals surface area contributed by atoms with Gasteiger partial charge in [0.1, 0.15) is 6.29 Å². The minimum Gasteiger partial charge on any atom is -0.466 e. The Bertz CT molecular complexity index is 324. The number of aldehydes is 1. The number of methoxy groups -OCH3 is 1. The molecule has 0 bridgehead atoms. The van der Waals surface area contributed by atoms with Crippen molar-refractivity contribution in [2.75, 3.05) is 13.7 Å². The van der Waals surface area contributed by atoms with Gasteiger partial charge in [-0.05, 0) is 6.42 Å². The van der Waals surface area contributed by atoms with Gasteiger partial charge in [-0.1, -0.05) is 6.92 Å². The van der Waals surface area contributed by atoms with E-state index in [1.165, 1.54) is 0 Å². The van der Waals surface area contributed by atoms with E-state index >= 15 is 0 Å². The second-order valence-electron chi connectivity index (χ2n) is 3.66. The highest BCUT2D eigenvalue weighted by molar-refractivity contribution is 5.81. The van der Waals surface area contributed by atoms with Gasteiger partial charge in [-0.3, -0.25) is 4.79 Å². The Hall–Kier alpha value is -1.92. The molecule has 0 fully saturated rings. The predicted molar refractivity (Wildman–Crippen MR) is 63.1 cm³/mol. The molecule has 7 heteroatoms. The van der Waals surface area contributed by atoms with Gasteiger partial charge in [0, 0.05) is 19.3 Å². The van der Waals surface area contributed by atoms with E-state index in [0.717, 1.165) is 7.11 Å². The summed E-state index contributed by atoms with van der Waals surface area (Å²) in [5.41, 5.74) is 0. The summed E-state index contributed by atoms with van der Waals surface area (Å²) in [6.07, 6.45) is 0.350. The molecular weight excluding hydrogens is 256 g/mol. The van der Waals surface area contributed by atoms with Gasteiger partial charge in [-0.2, -0.15) is 0 Å². The third-order valence-corrected chi connectivity index (χ3v) is 2.09. The molecule has 0 saturated heterocycles. The van der Waals surface area contributed by atoms with E-state index in [1.54, 1.807) is 6.92 Å². The maximum Gasteiger partial charge on any atom is 0.347 e. The van der Waals surface area contributed by atoms with Crippen LogP contribution in [0.3, 0.4) is 0 Å². The zero-order chi connectivity index (χ0) is 14.7. The maximum atomic E-state index is 11.4. The van der Waals surface area contributed by atoms with E-state index in [1.807, 2.05) is 0 Å². The third kappa shape index (κ3) is 7.91. The molecule has 0 rings (SSSR count). The highest BCUT2D eigenvalue weighted by atomic mass is 16.6. The van der Waals surface area contributed by atoms with Crippen LogP contribution in [-0.4, -0.2) is 44.0 Å². The van der Waals surface area contributed by atoms with Crippen LogP contribution < -0.4 is 0 Å². The van der Waals surface area contributed by atoms with E-state index in [4.69, 9.17) is 4.74 Å². The molecule has 0 spiro atoms. The van der Waals surface area contributed by atoms with Gasteiger partial charge in [0.25, 0.3) is 0 Å². The van der Waals surface area contributed by atoms with Crippen LogP contribution in [0.15, 0.2) is 0 Å². The molecule has 1 unspecified atom stereocenters. The molecule has 0 saturated carbocycles. The fraction of sp³-hybridized carbons (Fsp3) is 0.667. The second-order valence-corrected chi connectivity index (χ2v) is 3.66. The van der Waals surface area contributed by atoms with Crippen LogP contribution >= 0.6 is 0 Å². The summed E-state index contributed by atoms with van der Waals surface area (Å²) in [6, 6.07) is 0. The number of ether oxygens (including phenoxy) is 3. The molecule has 0 aromatic carbocycles. The highest BCUT2D eigenvalue weighted by Gasteiger charge is 2.23. The molecule has 0 aliphatic rings. The van der Waals surface area contributed by atoms with Gasteiger partial charge in [0.2, 0.25) is 0 Å². The summed E-state index contributed by atoms with van der Waals surface area (Å²) < 4.78 is 13.8. The summed E-state index contributed by atoms with van der Waals surface area (Å²) in [5.74, 6) is -2.12. The van der Waals surface area contributed by atoms with Crippen molar-refractivity contribution >= 4 is 24.2 Å². The third-order valence-electron chi connectivity index (χ3n) is 2.09. The normalized spacial score (nSPS) is 11.3. The summed E-state index contributed by atoms with van der Waals surface area (Å²) in [7, 11) is 1.14. The number of carbonyl (C=O) groups is 4. The van der Waals surface area contributed by atoms with Crippen LogP contribution in [0, 0.1) is 0 Å². The predicted octanol–water partition coefficient (Wildman–Crippen LogP) is 0.394. The topological polar surface area (TPSA) is 96.0 Å². The first-order valence-corrected chi connectivity index (χ1v) is 5.91. The minimum absolute atomic E-state index is 0.0326. The molecule has 0 aliphatic carbocycles. The van der Waals surface area contributed by atoms with Crippen molar-refractivity contribution in [1.82, 2.24) is 0 Å². The average Bonchev–Trinajstić information content (AvgIpc) is 2.40. The van der Waals surface area contributed by atoms with Crippen molar-refractivity contribution in [1.29, 1.82) is 0 Å². The first-order valence-electron chi connectivity index (χ1n) is 5.91. The zero-order valence-electron chi connectivity index (χ0n) is 11.0. The number of rotatable bonds is 9. The number of hydrogen-bond acceptors (Lipinski definition) is 7. The SMILES string of the molecule is CCCC(=O)OCC(=O)OC(CCC=O)C(=O)OC. The Morgan fingerprint density at radius 3 is 2.42 bits per heavy atom. The summed E-state index contributed by atoms with van der Waals surface area (Å²) >= 11 is 0. The van der Waals surface area contributed by atoms with Crippen molar-refractivity contribution in [3.05, 3.63) is 0 Å². The molecule has 0 aromatic rings. The van der Waals surface area contributed by atoms with Crippen LogP contribution in [0.25, 0.3) is 0 Å². The monoisotopic (exact) mass is 274 g/mol. The Morgan fingerprint density at radius 1 is 1.21 bits per heavy atom. The minimum atomic E-state index is -1.16. The number of hydrogen-bond donors (Lipinski definition) is 0. The largest absolute Gasteiger partial charge is 0.466 e. The molecule has 19 heavy (non-hydrogen) atoms. The van der Waals surface area contributed by atoms with Crippen molar-refractivity contribution < 1.29 is 33.4 Å². The summed E-state index contributed by atoms with van der Waals surface area (Å²) in [6.45, 7) is 1.24. The van der Waals surface area contributed by atoms with Gasteiger partial charge in [0.05, 0.1) is 7.11 Å². The quantitative estimate of drug-likeness (QED) is 0.341. The smallest absolute Gasteiger partial charge is 0.347 e. The highest BCUT2D eigenvalue weighted by Crippen LogP contribution is 2.04. The van der Waals surface area contributed by atoms with E-state index in [0.29, 0.717) is 12.7 Å². The van der Waals surface area contributed by atoms with E-state index in [-0.39, 0.29) is 19.3 Å². The molecule has 7 nitrogen and oxygen atoms in total. The lowest BCUT2D eigenvalue weighted by Gasteiger charge is -2.14. The molecule has 0 heterocycles. The Labute approximate surface area is 111 Å². The first-order chi connectivity index (χ1) is 9.04. The van der Waals surface area contributed by atoms with Crippen LogP contribution in [-0.2, 0) is 33.4 Å². The van der Waals surface area contributed by atoms with Crippen molar-refractivity contribution in [3.63, 3.8) is 0 Å². The van der Waals surface area contributed by atoms with Crippen molar-refractivity contribution in [2.45, 2.75) is 38.7 Å². The second kappa shape index (κ2) is 10.0. The lowest BCUT2D eigenvalue weighted by atomic mass is 10.2. The molecule has 0 radical (unpaired) electrons. The fourth-order valence-electron chi connectivity index (χ4n) is 1.18. The lowest BCUT2D eigenvalue weighted by Crippen LogP contribution is -2.30. The van der Waals surface area contributed by atoms with Crippen LogP contribution in [0.5, 0.6) is 0 Å². The first kappa shape index (κ1) is 17.1. The Kier molecular flexibility index (Phi) is 9.03. The van der Waals surface area contributed by atoms with Crippen molar-refractivity contribution in [2.24, 2.45) is 0 Å². The van der Waals surface area contributed by atoms with E-state index in [2.05, 4.69) is 9.47 Å². The zero-order valence-corrected chi connectivity index (χ0v) is 11.0. The number of carbonyl (C=O) groups excluding carboxylic acids is 4. The molecule has 1 atom stereocenters. The van der Waals surface area contributed by atoms with E-state index < -0.39 is 30.6 Å². The van der Waals surface area contributed by atoms with Crippen LogP contribution in [0.4, 0.5) is 0 Å². The van der Waals surface area contributed by atoms with Crippen LogP contribution in [0.2, 0.25) is 0 Å². The fourth-order valence-corrected chi connectivity index (χ4v) is 1.18. The molecule has 108 valence electrons. The van der Waals surface area contributed by atoms with Gasteiger partial charge in [-0.15, -0.1) is 0 Å². The summed E-state index contributed by atoms with van der Waals surface area (Å²) in [4.78, 5) is 43.9. The standard InChI is InChI=1S/C12H18O7/c1-3-5-10(14)18-8-11(15)19-9(6-4-7-13)12(16)17-2/h7,9H,3-6,8H2,1-2H3. The summed E-state index contributed by atoms with van der Waals surface area (Å²) in [5, 5.41) is 0.